The SMILES string of the molecule is CC(NC(=S)Nc1cccc(Cl)c1)c1ccc(C(C)(C)C)cc1. The predicted molar refractivity (Wildman–Crippen MR) is 104 cm³/mol. The first-order chi connectivity index (χ1) is 10.8. The molecule has 2 aromatic rings. The van der Waals surface area contributed by atoms with Crippen LogP contribution in [-0.4, -0.2) is 5.11 Å². The van der Waals surface area contributed by atoms with Gasteiger partial charge in [-0.1, -0.05) is 62.7 Å². The van der Waals surface area contributed by atoms with Crippen molar-refractivity contribution in [3.63, 3.8) is 0 Å². The molecule has 4 heteroatoms. The number of thiocarbonyl (C=S) groups is 1. The van der Waals surface area contributed by atoms with Gasteiger partial charge in [0.15, 0.2) is 5.11 Å². The second-order valence-electron chi connectivity index (χ2n) is 6.70. The van der Waals surface area contributed by atoms with E-state index in [-0.39, 0.29) is 11.5 Å². The summed E-state index contributed by atoms with van der Waals surface area (Å²) in [6, 6.07) is 16.3. The molecule has 0 fully saturated rings. The minimum atomic E-state index is 0.128. The topological polar surface area (TPSA) is 24.1 Å². The maximum Gasteiger partial charge on any atom is 0.171 e. The molecule has 2 nitrogen and oxygen atoms in total. The largest absolute Gasteiger partial charge is 0.356 e. The fourth-order valence-corrected chi connectivity index (χ4v) is 2.77. The van der Waals surface area contributed by atoms with E-state index in [2.05, 4.69) is 62.6 Å². The molecule has 23 heavy (non-hydrogen) atoms. The van der Waals surface area contributed by atoms with Crippen LogP contribution < -0.4 is 10.6 Å². The lowest BCUT2D eigenvalue weighted by molar-refractivity contribution is 0.589. The Morgan fingerprint density at radius 3 is 2.30 bits per heavy atom. The van der Waals surface area contributed by atoms with Gasteiger partial charge in [-0.15, -0.1) is 0 Å². The number of rotatable bonds is 3. The molecule has 0 heterocycles. The minimum absolute atomic E-state index is 0.128. The van der Waals surface area contributed by atoms with E-state index in [0.717, 1.165) is 5.69 Å². The molecule has 0 amide bonds. The highest BCUT2D eigenvalue weighted by Crippen LogP contribution is 2.24. The number of anilines is 1. The zero-order chi connectivity index (χ0) is 17.0. The lowest BCUT2D eigenvalue weighted by Gasteiger charge is -2.21. The van der Waals surface area contributed by atoms with Crippen LogP contribution in [-0.2, 0) is 5.41 Å². The maximum atomic E-state index is 5.98. The third-order valence-electron chi connectivity index (χ3n) is 3.71. The Labute approximate surface area is 149 Å². The van der Waals surface area contributed by atoms with Crippen molar-refractivity contribution in [3.05, 3.63) is 64.7 Å². The molecule has 2 N–H and O–H groups in total. The monoisotopic (exact) mass is 346 g/mol. The summed E-state index contributed by atoms with van der Waals surface area (Å²) in [7, 11) is 0. The number of benzene rings is 2. The molecule has 0 saturated heterocycles. The molecule has 1 unspecified atom stereocenters. The smallest absolute Gasteiger partial charge is 0.171 e. The van der Waals surface area contributed by atoms with Crippen LogP contribution in [0, 0.1) is 0 Å². The van der Waals surface area contributed by atoms with Crippen LogP contribution >= 0.6 is 23.8 Å². The zero-order valence-corrected chi connectivity index (χ0v) is 15.6. The average molecular weight is 347 g/mol. The van der Waals surface area contributed by atoms with Crippen LogP contribution in [0.5, 0.6) is 0 Å². The van der Waals surface area contributed by atoms with Gasteiger partial charge in [0.05, 0.1) is 6.04 Å². The molecule has 0 aliphatic rings. The first kappa shape index (κ1) is 17.8. The summed E-state index contributed by atoms with van der Waals surface area (Å²) in [5.74, 6) is 0. The zero-order valence-electron chi connectivity index (χ0n) is 14.0. The summed E-state index contributed by atoms with van der Waals surface area (Å²) >= 11 is 11.4. The van der Waals surface area contributed by atoms with Crippen molar-refractivity contribution >= 4 is 34.6 Å². The highest BCUT2D eigenvalue weighted by molar-refractivity contribution is 7.80. The number of hydrogen-bond donors (Lipinski definition) is 2. The average Bonchev–Trinajstić information content (AvgIpc) is 2.46. The third-order valence-corrected chi connectivity index (χ3v) is 4.16. The molecule has 0 saturated carbocycles. The Balaban J connectivity index is 1.98. The van der Waals surface area contributed by atoms with E-state index in [1.165, 1.54) is 11.1 Å². The highest BCUT2D eigenvalue weighted by atomic mass is 35.5. The fraction of sp³-hybridized carbons (Fsp3) is 0.316. The van der Waals surface area contributed by atoms with Crippen LogP contribution in [0.1, 0.15) is 44.9 Å². The lowest BCUT2D eigenvalue weighted by Crippen LogP contribution is -2.30. The summed E-state index contributed by atoms with van der Waals surface area (Å²) < 4.78 is 0. The first-order valence-corrected chi connectivity index (χ1v) is 8.48. The van der Waals surface area contributed by atoms with E-state index in [9.17, 15) is 0 Å². The van der Waals surface area contributed by atoms with Crippen molar-refractivity contribution in [2.45, 2.75) is 39.2 Å². The molecule has 0 bridgehead atoms. The van der Waals surface area contributed by atoms with E-state index < -0.39 is 0 Å². The van der Waals surface area contributed by atoms with Crippen molar-refractivity contribution in [3.8, 4) is 0 Å². The minimum Gasteiger partial charge on any atom is -0.356 e. The summed E-state index contributed by atoms with van der Waals surface area (Å²) in [6.45, 7) is 8.74. The second-order valence-corrected chi connectivity index (χ2v) is 7.55. The number of nitrogens with one attached hydrogen (secondary N) is 2. The molecule has 2 aromatic carbocycles. The summed E-state index contributed by atoms with van der Waals surface area (Å²) in [5, 5.41) is 7.72. The lowest BCUT2D eigenvalue weighted by atomic mass is 9.86. The molecule has 1 atom stereocenters. The van der Waals surface area contributed by atoms with Crippen molar-refractivity contribution in [2.75, 3.05) is 5.32 Å². The molecule has 0 spiro atoms. The van der Waals surface area contributed by atoms with Gasteiger partial charge in [0.1, 0.15) is 0 Å². The number of hydrogen-bond acceptors (Lipinski definition) is 1. The maximum absolute atomic E-state index is 5.98. The fourth-order valence-electron chi connectivity index (χ4n) is 2.29. The molecule has 0 aliphatic carbocycles. The molecule has 0 radical (unpaired) electrons. The van der Waals surface area contributed by atoms with Crippen molar-refractivity contribution in [2.24, 2.45) is 0 Å². The van der Waals surface area contributed by atoms with Crippen LogP contribution in [0.3, 0.4) is 0 Å². The van der Waals surface area contributed by atoms with Crippen molar-refractivity contribution < 1.29 is 0 Å². The van der Waals surface area contributed by atoms with Crippen LogP contribution in [0.15, 0.2) is 48.5 Å². The molecule has 0 aliphatic heterocycles. The summed E-state index contributed by atoms with van der Waals surface area (Å²) in [4.78, 5) is 0. The van der Waals surface area contributed by atoms with Gasteiger partial charge in [0.25, 0.3) is 0 Å². The van der Waals surface area contributed by atoms with Crippen molar-refractivity contribution in [1.29, 1.82) is 0 Å². The van der Waals surface area contributed by atoms with E-state index in [1.807, 2.05) is 24.3 Å². The second kappa shape index (κ2) is 7.33. The first-order valence-electron chi connectivity index (χ1n) is 7.69. The molecular weight excluding hydrogens is 324 g/mol. The summed E-state index contributed by atoms with van der Waals surface area (Å²) in [6.07, 6.45) is 0. The van der Waals surface area contributed by atoms with Gasteiger partial charge in [-0.3, -0.25) is 0 Å². The number of halogens is 1. The third kappa shape index (κ3) is 5.22. The normalized spacial score (nSPS) is 12.6. The molecule has 0 aromatic heterocycles. The van der Waals surface area contributed by atoms with E-state index in [1.54, 1.807) is 0 Å². The van der Waals surface area contributed by atoms with Gasteiger partial charge in [0, 0.05) is 10.7 Å². The van der Waals surface area contributed by atoms with Gasteiger partial charge >= 0.3 is 0 Å². The van der Waals surface area contributed by atoms with E-state index in [4.69, 9.17) is 23.8 Å². The molecular formula is C19H23ClN2S. The van der Waals surface area contributed by atoms with Gasteiger partial charge in [-0.2, -0.15) is 0 Å². The Kier molecular flexibility index (Phi) is 5.66. The van der Waals surface area contributed by atoms with Crippen LogP contribution in [0.25, 0.3) is 0 Å². The molecule has 122 valence electrons. The van der Waals surface area contributed by atoms with E-state index in [0.29, 0.717) is 10.1 Å². The Morgan fingerprint density at radius 2 is 1.74 bits per heavy atom. The van der Waals surface area contributed by atoms with Gasteiger partial charge in [0.2, 0.25) is 0 Å². The Morgan fingerprint density at radius 1 is 1.09 bits per heavy atom. The van der Waals surface area contributed by atoms with Crippen LogP contribution in [0.2, 0.25) is 5.02 Å². The van der Waals surface area contributed by atoms with Gasteiger partial charge < -0.3 is 10.6 Å². The van der Waals surface area contributed by atoms with Crippen LogP contribution in [0.4, 0.5) is 5.69 Å². The highest BCUT2D eigenvalue weighted by Gasteiger charge is 2.14. The predicted octanol–water partition coefficient (Wildman–Crippen LogP) is 5.69. The quantitative estimate of drug-likeness (QED) is 0.698. The Hall–Kier alpha value is -1.58. The molecule has 2 rings (SSSR count). The van der Waals surface area contributed by atoms with Gasteiger partial charge in [-0.05, 0) is 53.9 Å². The standard InChI is InChI=1S/C19H23ClN2S/c1-13(14-8-10-15(11-9-14)19(2,3)4)21-18(23)22-17-7-5-6-16(20)12-17/h5-13H,1-4H3,(H2,21,22,23). The van der Waals surface area contributed by atoms with E-state index >= 15 is 0 Å². The summed E-state index contributed by atoms with van der Waals surface area (Å²) in [5.41, 5.74) is 3.57. The van der Waals surface area contributed by atoms with Gasteiger partial charge in [-0.25, -0.2) is 0 Å². The Bertz CT molecular complexity index is 675. The van der Waals surface area contributed by atoms with Crippen molar-refractivity contribution in [1.82, 2.24) is 5.32 Å².